The molecule has 1 unspecified atom stereocenters. The number of unbranched alkanes of at least 4 members (excludes halogenated alkanes) is 1. The molecule has 0 fully saturated rings. The zero-order chi connectivity index (χ0) is 11.7. The van der Waals surface area contributed by atoms with Crippen molar-refractivity contribution in [2.24, 2.45) is 5.73 Å². The lowest BCUT2D eigenvalue weighted by atomic mass is 10.2. The molecule has 0 saturated carbocycles. The summed E-state index contributed by atoms with van der Waals surface area (Å²) >= 11 is 0. The van der Waals surface area contributed by atoms with Gasteiger partial charge in [-0.3, -0.25) is 0 Å². The number of rotatable bonds is 7. The number of hydrogen-bond donors (Lipinski definition) is 1. The summed E-state index contributed by atoms with van der Waals surface area (Å²) in [6.07, 6.45) is 3.12. The van der Waals surface area contributed by atoms with E-state index < -0.39 is 5.97 Å². The van der Waals surface area contributed by atoms with Crippen molar-refractivity contribution in [3.63, 3.8) is 0 Å². The van der Waals surface area contributed by atoms with Gasteiger partial charge in [-0.15, -0.1) is 0 Å². The van der Waals surface area contributed by atoms with Crippen molar-refractivity contribution in [2.45, 2.75) is 39.7 Å². The summed E-state index contributed by atoms with van der Waals surface area (Å²) in [4.78, 5) is 11.1. The van der Waals surface area contributed by atoms with Crippen molar-refractivity contribution in [1.82, 2.24) is 0 Å². The van der Waals surface area contributed by atoms with E-state index in [2.05, 4.69) is 6.92 Å². The number of hydrogen-bond acceptors (Lipinski definition) is 4. The molecule has 0 aliphatic heterocycles. The van der Waals surface area contributed by atoms with Gasteiger partial charge in [0.2, 0.25) is 0 Å². The maximum absolute atomic E-state index is 11.1. The summed E-state index contributed by atoms with van der Waals surface area (Å²) in [5.41, 5.74) is 6.07. The lowest BCUT2D eigenvalue weighted by Gasteiger charge is -2.12. The van der Waals surface area contributed by atoms with E-state index in [1.807, 2.05) is 6.92 Å². The van der Waals surface area contributed by atoms with E-state index in [4.69, 9.17) is 15.2 Å². The minimum Gasteiger partial charge on any atom is -0.463 e. The van der Waals surface area contributed by atoms with Crippen molar-refractivity contribution < 1.29 is 14.3 Å². The number of nitrogens with two attached hydrogens (primary N) is 1. The Morgan fingerprint density at radius 1 is 1.47 bits per heavy atom. The van der Waals surface area contributed by atoms with Crippen LogP contribution in [0.25, 0.3) is 0 Å². The van der Waals surface area contributed by atoms with Gasteiger partial charge in [-0.2, -0.15) is 0 Å². The van der Waals surface area contributed by atoms with Gasteiger partial charge in [0.05, 0.1) is 12.7 Å². The van der Waals surface area contributed by atoms with Crippen LogP contribution in [-0.4, -0.2) is 25.3 Å². The Balaban J connectivity index is 3.95. The molecule has 88 valence electrons. The van der Waals surface area contributed by atoms with E-state index >= 15 is 0 Å². The average molecular weight is 215 g/mol. The maximum atomic E-state index is 11.1. The van der Waals surface area contributed by atoms with Crippen LogP contribution in [0.15, 0.2) is 11.8 Å². The third-order valence-electron chi connectivity index (χ3n) is 1.91. The second-order valence-electron chi connectivity index (χ2n) is 3.26. The fraction of sp³-hybridized carbons (Fsp3) is 0.727. The van der Waals surface area contributed by atoms with Gasteiger partial charge in [0.25, 0.3) is 0 Å². The second-order valence-corrected chi connectivity index (χ2v) is 3.26. The topological polar surface area (TPSA) is 61.5 Å². The van der Waals surface area contributed by atoms with E-state index in [1.54, 1.807) is 6.92 Å². The van der Waals surface area contributed by atoms with Crippen LogP contribution in [0.4, 0.5) is 0 Å². The molecule has 0 aliphatic rings. The van der Waals surface area contributed by atoms with Crippen LogP contribution in [-0.2, 0) is 14.3 Å². The van der Waals surface area contributed by atoms with Gasteiger partial charge in [-0.25, -0.2) is 4.79 Å². The molecule has 1 atom stereocenters. The number of esters is 1. The summed E-state index contributed by atoms with van der Waals surface area (Å²) in [7, 11) is 0. The molecule has 0 bridgehead atoms. The quantitative estimate of drug-likeness (QED) is 0.398. The molecule has 4 nitrogen and oxygen atoms in total. The van der Waals surface area contributed by atoms with Crippen molar-refractivity contribution in [1.29, 1.82) is 0 Å². The third-order valence-corrected chi connectivity index (χ3v) is 1.91. The van der Waals surface area contributed by atoms with E-state index in [9.17, 15) is 4.79 Å². The fourth-order valence-corrected chi connectivity index (χ4v) is 0.938. The molecular weight excluding hydrogens is 194 g/mol. The number of ether oxygens (including phenoxy) is 2. The Kier molecular flexibility index (Phi) is 7.72. The van der Waals surface area contributed by atoms with Gasteiger partial charge in [0.15, 0.2) is 0 Å². The first-order valence-corrected chi connectivity index (χ1v) is 5.37. The largest absolute Gasteiger partial charge is 0.463 e. The standard InChI is InChI=1S/C11H21NO3/c1-4-6-7-15-9(3)10(12)8-11(13)14-5-2/h8-9H,4-7,12H2,1-3H3. The SMILES string of the molecule is CCCCOC(C)C(N)=CC(=O)OCC. The highest BCUT2D eigenvalue weighted by Gasteiger charge is 2.07. The van der Waals surface area contributed by atoms with Crippen molar-refractivity contribution in [2.75, 3.05) is 13.2 Å². The van der Waals surface area contributed by atoms with Gasteiger partial charge in [0.1, 0.15) is 0 Å². The zero-order valence-corrected chi connectivity index (χ0v) is 9.79. The van der Waals surface area contributed by atoms with Gasteiger partial charge in [-0.1, -0.05) is 13.3 Å². The minimum atomic E-state index is -0.416. The molecule has 0 aromatic carbocycles. The molecule has 0 radical (unpaired) electrons. The van der Waals surface area contributed by atoms with E-state index in [0.717, 1.165) is 12.8 Å². The van der Waals surface area contributed by atoms with Gasteiger partial charge >= 0.3 is 5.97 Å². The van der Waals surface area contributed by atoms with E-state index in [1.165, 1.54) is 6.08 Å². The molecule has 4 heteroatoms. The van der Waals surface area contributed by atoms with Gasteiger partial charge in [-0.05, 0) is 20.3 Å². The zero-order valence-electron chi connectivity index (χ0n) is 9.79. The molecule has 0 aromatic heterocycles. The summed E-state index contributed by atoms with van der Waals surface area (Å²) in [6.45, 7) is 6.68. The van der Waals surface area contributed by atoms with Crippen LogP contribution in [0, 0.1) is 0 Å². The lowest BCUT2D eigenvalue weighted by Crippen LogP contribution is -2.20. The highest BCUT2D eigenvalue weighted by molar-refractivity contribution is 5.82. The Hall–Kier alpha value is -1.03. The third kappa shape index (κ3) is 6.96. The molecule has 0 heterocycles. The molecule has 0 spiro atoms. The molecule has 0 aliphatic carbocycles. The van der Waals surface area contributed by atoms with Crippen LogP contribution in [0.2, 0.25) is 0 Å². The summed E-state index contributed by atoms with van der Waals surface area (Å²) in [5.74, 6) is -0.416. The van der Waals surface area contributed by atoms with Crippen LogP contribution in [0.5, 0.6) is 0 Å². The second kappa shape index (κ2) is 8.29. The van der Waals surface area contributed by atoms with Crippen molar-refractivity contribution in [3.8, 4) is 0 Å². The Morgan fingerprint density at radius 3 is 2.67 bits per heavy atom. The molecule has 0 saturated heterocycles. The van der Waals surface area contributed by atoms with Crippen LogP contribution >= 0.6 is 0 Å². The van der Waals surface area contributed by atoms with Crippen molar-refractivity contribution >= 4 is 5.97 Å². The van der Waals surface area contributed by atoms with E-state index in [-0.39, 0.29) is 6.10 Å². The summed E-state index contributed by atoms with van der Waals surface area (Å²) < 4.78 is 10.2. The fourth-order valence-electron chi connectivity index (χ4n) is 0.938. The van der Waals surface area contributed by atoms with Gasteiger partial charge < -0.3 is 15.2 Å². The van der Waals surface area contributed by atoms with Crippen molar-refractivity contribution in [3.05, 3.63) is 11.8 Å². The summed E-state index contributed by atoms with van der Waals surface area (Å²) in [6, 6.07) is 0. The molecule has 15 heavy (non-hydrogen) atoms. The Labute approximate surface area is 91.4 Å². The molecular formula is C11H21NO3. The van der Waals surface area contributed by atoms with Gasteiger partial charge in [0, 0.05) is 18.4 Å². The first-order chi connectivity index (χ1) is 7.11. The number of carbonyl (C=O) groups excluding carboxylic acids is 1. The minimum absolute atomic E-state index is 0.235. The maximum Gasteiger partial charge on any atom is 0.332 e. The molecule has 0 rings (SSSR count). The first-order valence-electron chi connectivity index (χ1n) is 5.37. The predicted octanol–water partition coefficient (Wildman–Crippen LogP) is 1.60. The molecule has 2 N–H and O–H groups in total. The number of carbonyl (C=O) groups is 1. The molecule has 0 aromatic rings. The van der Waals surface area contributed by atoms with Crippen LogP contribution in [0.3, 0.4) is 0 Å². The highest BCUT2D eigenvalue weighted by atomic mass is 16.5. The normalized spacial score (nSPS) is 13.7. The summed E-state index contributed by atoms with van der Waals surface area (Å²) in [5, 5.41) is 0. The van der Waals surface area contributed by atoms with Crippen LogP contribution in [0.1, 0.15) is 33.6 Å². The monoisotopic (exact) mass is 215 g/mol. The van der Waals surface area contributed by atoms with E-state index in [0.29, 0.717) is 18.9 Å². The smallest absolute Gasteiger partial charge is 0.332 e. The van der Waals surface area contributed by atoms with Crippen LogP contribution < -0.4 is 5.73 Å². The first kappa shape index (κ1) is 14.0. The Morgan fingerprint density at radius 2 is 2.13 bits per heavy atom. The highest BCUT2D eigenvalue weighted by Crippen LogP contribution is 2.02. The lowest BCUT2D eigenvalue weighted by molar-refractivity contribution is -0.137. The molecule has 0 amide bonds. The average Bonchev–Trinajstić information content (AvgIpc) is 2.18. The Bertz CT molecular complexity index is 214. The predicted molar refractivity (Wildman–Crippen MR) is 59.2 cm³/mol.